The van der Waals surface area contributed by atoms with Crippen LogP contribution in [0.15, 0.2) is 27.7 Å². The molecule has 3 rings (SSSR count). The van der Waals surface area contributed by atoms with Crippen LogP contribution in [-0.4, -0.2) is 48.8 Å². The zero-order valence-electron chi connectivity index (χ0n) is 16.3. The number of aromatic nitrogens is 2. The summed E-state index contributed by atoms with van der Waals surface area (Å²) in [6.07, 6.45) is 1.83. The number of hydrogen-bond donors (Lipinski definition) is 2. The molecular weight excluding hydrogens is 344 g/mol. The fourth-order valence-electron chi connectivity index (χ4n) is 2.89. The van der Waals surface area contributed by atoms with Crippen LogP contribution < -0.4 is 15.5 Å². The van der Waals surface area contributed by atoms with E-state index < -0.39 is 0 Å². The number of rotatable bonds is 6. The fourth-order valence-corrected chi connectivity index (χ4v) is 2.89. The van der Waals surface area contributed by atoms with Crippen LogP contribution in [0.5, 0.6) is 0 Å². The Morgan fingerprint density at radius 2 is 2.07 bits per heavy atom. The molecule has 0 spiro atoms. The van der Waals surface area contributed by atoms with Gasteiger partial charge in [0.1, 0.15) is 11.6 Å². The number of hydrogen-bond acceptors (Lipinski definition) is 6. The molecule has 0 aliphatic carbocycles. The van der Waals surface area contributed by atoms with Crippen molar-refractivity contribution < 1.29 is 9.15 Å². The van der Waals surface area contributed by atoms with Gasteiger partial charge in [-0.2, -0.15) is 0 Å². The maximum absolute atomic E-state index is 5.62. The van der Waals surface area contributed by atoms with Gasteiger partial charge in [-0.3, -0.25) is 0 Å². The smallest absolute Gasteiger partial charge is 0.214 e. The van der Waals surface area contributed by atoms with Gasteiger partial charge in [-0.15, -0.1) is 0 Å². The molecule has 2 aromatic rings. The molecule has 1 fully saturated rings. The Morgan fingerprint density at radius 1 is 1.26 bits per heavy atom. The van der Waals surface area contributed by atoms with Crippen molar-refractivity contribution in [2.45, 2.75) is 33.9 Å². The number of guanidine groups is 1. The van der Waals surface area contributed by atoms with Crippen molar-refractivity contribution in [3.05, 3.63) is 41.2 Å². The number of oxazole rings is 1. The minimum atomic E-state index is 0.490. The van der Waals surface area contributed by atoms with Crippen LogP contribution in [-0.2, 0) is 17.8 Å². The lowest BCUT2D eigenvalue weighted by atomic mass is 10.2. The van der Waals surface area contributed by atoms with Crippen LogP contribution in [0.25, 0.3) is 0 Å². The summed E-state index contributed by atoms with van der Waals surface area (Å²) in [6.45, 7) is 10.9. The summed E-state index contributed by atoms with van der Waals surface area (Å²) >= 11 is 0. The number of aliphatic imine (C=N–C) groups is 1. The van der Waals surface area contributed by atoms with Crippen LogP contribution in [0.4, 0.5) is 5.82 Å². The topological polar surface area (TPSA) is 87.8 Å². The van der Waals surface area contributed by atoms with Crippen molar-refractivity contribution in [2.75, 3.05) is 37.7 Å². The molecule has 0 atom stereocenters. The Morgan fingerprint density at radius 3 is 2.78 bits per heavy atom. The van der Waals surface area contributed by atoms with E-state index in [1.54, 1.807) is 0 Å². The Balaban J connectivity index is 1.67. The zero-order valence-corrected chi connectivity index (χ0v) is 16.3. The van der Waals surface area contributed by atoms with E-state index in [2.05, 4.69) is 31.6 Å². The predicted octanol–water partition coefficient (Wildman–Crippen LogP) is 1.78. The van der Waals surface area contributed by atoms with Gasteiger partial charge >= 0.3 is 0 Å². The average molecular weight is 372 g/mol. The van der Waals surface area contributed by atoms with Gasteiger partial charge in [-0.1, -0.05) is 6.07 Å². The second kappa shape index (κ2) is 9.36. The number of nitrogens with one attached hydrogen (secondary N) is 2. The Kier molecular flexibility index (Phi) is 6.64. The first-order valence-corrected chi connectivity index (χ1v) is 9.39. The summed E-state index contributed by atoms with van der Waals surface area (Å²) in [4.78, 5) is 15.9. The summed E-state index contributed by atoms with van der Waals surface area (Å²) in [5.74, 6) is 3.22. The SMILES string of the molecule is CCNC(=NCc1cccnc1N1CCOCC1)NCc1nc(C)c(C)o1. The molecule has 2 aromatic heterocycles. The minimum absolute atomic E-state index is 0.490. The zero-order chi connectivity index (χ0) is 19.1. The van der Waals surface area contributed by atoms with Crippen molar-refractivity contribution in [3.8, 4) is 0 Å². The molecule has 0 saturated carbocycles. The van der Waals surface area contributed by atoms with E-state index in [9.17, 15) is 0 Å². The van der Waals surface area contributed by atoms with E-state index in [0.717, 1.165) is 61.6 Å². The Bertz CT molecular complexity index is 748. The van der Waals surface area contributed by atoms with Crippen LogP contribution in [0.1, 0.15) is 29.8 Å². The van der Waals surface area contributed by atoms with Gasteiger partial charge in [0.05, 0.1) is 32.0 Å². The lowest BCUT2D eigenvalue weighted by molar-refractivity contribution is 0.122. The standard InChI is InChI=1S/C19H28N6O2/c1-4-20-19(23-13-17-24-14(2)15(3)27-17)22-12-16-6-5-7-21-18(16)25-8-10-26-11-9-25/h5-7H,4,8-13H2,1-3H3,(H2,20,22,23). The van der Waals surface area contributed by atoms with Gasteiger partial charge in [0, 0.05) is 31.4 Å². The van der Waals surface area contributed by atoms with E-state index in [-0.39, 0.29) is 0 Å². The van der Waals surface area contributed by atoms with E-state index in [4.69, 9.17) is 14.1 Å². The van der Waals surface area contributed by atoms with E-state index >= 15 is 0 Å². The summed E-state index contributed by atoms with van der Waals surface area (Å²) in [7, 11) is 0. The summed E-state index contributed by atoms with van der Waals surface area (Å²) in [5, 5.41) is 6.53. The number of ether oxygens (including phenoxy) is 1. The fraction of sp³-hybridized carbons (Fsp3) is 0.526. The highest BCUT2D eigenvalue weighted by molar-refractivity contribution is 5.79. The number of aryl methyl sites for hydroxylation is 2. The molecule has 1 aliphatic heterocycles. The maximum atomic E-state index is 5.62. The molecule has 27 heavy (non-hydrogen) atoms. The first-order chi connectivity index (χ1) is 13.2. The average Bonchev–Trinajstić information content (AvgIpc) is 3.02. The highest BCUT2D eigenvalue weighted by atomic mass is 16.5. The molecule has 8 heteroatoms. The number of anilines is 1. The number of pyridine rings is 1. The second-order valence-corrected chi connectivity index (χ2v) is 6.38. The van der Waals surface area contributed by atoms with Crippen molar-refractivity contribution in [3.63, 3.8) is 0 Å². The molecule has 1 aliphatic rings. The summed E-state index contributed by atoms with van der Waals surface area (Å²) < 4.78 is 11.1. The van der Waals surface area contributed by atoms with Crippen LogP contribution in [0, 0.1) is 13.8 Å². The van der Waals surface area contributed by atoms with Crippen molar-refractivity contribution in [1.29, 1.82) is 0 Å². The van der Waals surface area contributed by atoms with Gasteiger partial charge in [-0.05, 0) is 26.8 Å². The largest absolute Gasteiger partial charge is 0.444 e. The number of morpholine rings is 1. The lowest BCUT2D eigenvalue weighted by Gasteiger charge is -2.29. The van der Waals surface area contributed by atoms with Crippen molar-refractivity contribution in [1.82, 2.24) is 20.6 Å². The van der Waals surface area contributed by atoms with E-state index in [0.29, 0.717) is 19.0 Å². The van der Waals surface area contributed by atoms with Crippen LogP contribution in [0.2, 0.25) is 0 Å². The molecule has 8 nitrogen and oxygen atoms in total. The molecule has 1 saturated heterocycles. The predicted molar refractivity (Wildman–Crippen MR) is 105 cm³/mol. The monoisotopic (exact) mass is 372 g/mol. The normalized spacial score (nSPS) is 15.1. The molecular formula is C19H28N6O2. The molecule has 0 amide bonds. The molecule has 0 bridgehead atoms. The highest BCUT2D eigenvalue weighted by Crippen LogP contribution is 2.19. The third-order valence-electron chi connectivity index (χ3n) is 4.41. The van der Waals surface area contributed by atoms with Gasteiger partial charge in [-0.25, -0.2) is 15.0 Å². The molecule has 146 valence electrons. The molecule has 0 aromatic carbocycles. The first kappa shape index (κ1) is 19.2. The van der Waals surface area contributed by atoms with E-state index in [1.165, 1.54) is 0 Å². The quantitative estimate of drug-likeness (QED) is 0.590. The van der Waals surface area contributed by atoms with Gasteiger partial charge < -0.3 is 24.7 Å². The lowest BCUT2D eigenvalue weighted by Crippen LogP contribution is -2.38. The van der Waals surface area contributed by atoms with Gasteiger partial charge in [0.2, 0.25) is 5.89 Å². The number of nitrogens with zero attached hydrogens (tertiary/aromatic N) is 4. The van der Waals surface area contributed by atoms with Crippen molar-refractivity contribution in [2.24, 2.45) is 4.99 Å². The second-order valence-electron chi connectivity index (χ2n) is 6.38. The van der Waals surface area contributed by atoms with Gasteiger partial charge in [0.15, 0.2) is 5.96 Å². The molecule has 0 radical (unpaired) electrons. The van der Waals surface area contributed by atoms with Gasteiger partial charge in [0.25, 0.3) is 0 Å². The molecule has 3 heterocycles. The maximum Gasteiger partial charge on any atom is 0.214 e. The third kappa shape index (κ3) is 5.19. The Labute approximate surface area is 160 Å². The minimum Gasteiger partial charge on any atom is -0.444 e. The first-order valence-electron chi connectivity index (χ1n) is 9.39. The Hall–Kier alpha value is -2.61. The summed E-state index contributed by atoms with van der Waals surface area (Å²) in [5.41, 5.74) is 2.01. The molecule has 2 N–H and O–H groups in total. The highest BCUT2D eigenvalue weighted by Gasteiger charge is 2.15. The molecule has 0 unspecified atom stereocenters. The third-order valence-corrected chi connectivity index (χ3v) is 4.41. The van der Waals surface area contributed by atoms with Crippen LogP contribution >= 0.6 is 0 Å². The van der Waals surface area contributed by atoms with Crippen molar-refractivity contribution >= 4 is 11.8 Å². The summed E-state index contributed by atoms with van der Waals surface area (Å²) in [6, 6.07) is 4.03. The van der Waals surface area contributed by atoms with E-state index in [1.807, 2.05) is 33.0 Å². The van der Waals surface area contributed by atoms with Crippen LogP contribution in [0.3, 0.4) is 0 Å².